The fourth-order valence-electron chi connectivity index (χ4n) is 2.87. The lowest BCUT2D eigenvalue weighted by molar-refractivity contribution is -0.137. The fraction of sp³-hybridized carbons (Fsp3) is 0.158. The van der Waals surface area contributed by atoms with E-state index in [2.05, 4.69) is 16.0 Å². The van der Waals surface area contributed by atoms with Gasteiger partial charge in [-0.1, -0.05) is 29.8 Å². The van der Waals surface area contributed by atoms with Gasteiger partial charge >= 0.3 is 12.2 Å². The average molecular weight is 410 g/mol. The number of urea groups is 1. The lowest BCUT2D eigenvalue weighted by atomic mass is 9.95. The molecule has 0 bridgehead atoms. The smallest absolute Gasteiger partial charge is 0.327 e. The van der Waals surface area contributed by atoms with E-state index in [9.17, 15) is 22.8 Å². The van der Waals surface area contributed by atoms with Crippen LogP contribution < -0.4 is 16.0 Å². The molecule has 0 aliphatic carbocycles. The van der Waals surface area contributed by atoms with Crippen molar-refractivity contribution in [1.29, 1.82) is 0 Å². The summed E-state index contributed by atoms with van der Waals surface area (Å²) in [6.45, 7) is 1.54. The van der Waals surface area contributed by atoms with Crippen molar-refractivity contribution < 1.29 is 22.8 Å². The van der Waals surface area contributed by atoms with E-state index in [4.69, 9.17) is 11.6 Å². The molecule has 0 radical (unpaired) electrons. The predicted molar refractivity (Wildman–Crippen MR) is 98.6 cm³/mol. The maximum absolute atomic E-state index is 12.9. The quantitative estimate of drug-likeness (QED) is 0.692. The number of hydrogen-bond acceptors (Lipinski definition) is 2. The number of alkyl halides is 3. The third kappa shape index (κ3) is 4.28. The van der Waals surface area contributed by atoms with Gasteiger partial charge in [0.2, 0.25) is 0 Å². The van der Waals surface area contributed by atoms with Gasteiger partial charge in [0.15, 0.2) is 0 Å². The summed E-state index contributed by atoms with van der Waals surface area (Å²) in [5, 5.41) is 8.10. The number of rotatable bonds is 3. The molecule has 0 saturated heterocycles. The number of anilines is 1. The standard InChI is InChI=1S/C19H15ClF3N3O2/c1-10-15(16(26-18(28)24-10)11-5-7-13(20)8-6-11)17(27)25-14-4-2-3-12(9-14)19(21,22)23/h2-9,16H,1H3,(H,25,27)(H2,24,26,28). The van der Waals surface area contributed by atoms with E-state index in [-0.39, 0.29) is 11.3 Å². The summed E-state index contributed by atoms with van der Waals surface area (Å²) < 4.78 is 38.7. The van der Waals surface area contributed by atoms with Gasteiger partial charge < -0.3 is 16.0 Å². The number of amides is 3. The minimum Gasteiger partial charge on any atom is -0.327 e. The molecule has 0 saturated carbocycles. The first-order valence-corrected chi connectivity index (χ1v) is 8.55. The molecule has 9 heteroatoms. The summed E-state index contributed by atoms with van der Waals surface area (Å²) in [7, 11) is 0. The molecule has 146 valence electrons. The average Bonchev–Trinajstić information content (AvgIpc) is 2.61. The van der Waals surface area contributed by atoms with Gasteiger partial charge in [0.1, 0.15) is 0 Å². The van der Waals surface area contributed by atoms with Crippen molar-refractivity contribution in [2.75, 3.05) is 5.32 Å². The summed E-state index contributed by atoms with van der Waals surface area (Å²) in [5.74, 6) is -0.635. The normalized spacial score (nSPS) is 17.0. The SMILES string of the molecule is CC1=C(C(=O)Nc2cccc(C(F)(F)F)c2)C(c2ccc(Cl)cc2)NC(=O)N1. The van der Waals surface area contributed by atoms with E-state index < -0.39 is 29.7 Å². The molecule has 0 spiro atoms. The van der Waals surface area contributed by atoms with Gasteiger partial charge in [-0.3, -0.25) is 4.79 Å². The topological polar surface area (TPSA) is 70.2 Å². The molecule has 2 aromatic carbocycles. The number of carbonyl (C=O) groups is 2. The van der Waals surface area contributed by atoms with Gasteiger partial charge in [0, 0.05) is 16.4 Å². The Labute approximate surface area is 163 Å². The Morgan fingerprint density at radius 2 is 1.82 bits per heavy atom. The van der Waals surface area contributed by atoms with Gasteiger partial charge in [0.05, 0.1) is 17.2 Å². The van der Waals surface area contributed by atoms with Crippen molar-refractivity contribution >= 4 is 29.2 Å². The van der Waals surface area contributed by atoms with Crippen LogP contribution in [0, 0.1) is 0 Å². The minimum absolute atomic E-state index is 0.00752. The van der Waals surface area contributed by atoms with Gasteiger partial charge in [-0.2, -0.15) is 13.2 Å². The Balaban J connectivity index is 1.92. The van der Waals surface area contributed by atoms with E-state index in [1.165, 1.54) is 12.1 Å². The molecule has 1 aliphatic heterocycles. The predicted octanol–water partition coefficient (Wildman–Crippen LogP) is 4.63. The first-order valence-electron chi connectivity index (χ1n) is 8.17. The van der Waals surface area contributed by atoms with E-state index in [1.807, 2.05) is 0 Å². The van der Waals surface area contributed by atoms with Crippen molar-refractivity contribution in [2.45, 2.75) is 19.1 Å². The van der Waals surface area contributed by atoms with Gasteiger partial charge in [-0.05, 0) is 42.8 Å². The van der Waals surface area contributed by atoms with Gasteiger partial charge in [-0.25, -0.2) is 4.79 Å². The molecule has 1 unspecified atom stereocenters. The maximum Gasteiger partial charge on any atom is 0.416 e. The third-order valence-corrected chi connectivity index (χ3v) is 4.42. The second-order valence-corrected chi connectivity index (χ2v) is 6.59. The lowest BCUT2D eigenvalue weighted by Gasteiger charge is -2.28. The highest BCUT2D eigenvalue weighted by Gasteiger charge is 2.33. The van der Waals surface area contributed by atoms with Gasteiger partial charge in [-0.15, -0.1) is 0 Å². The highest BCUT2D eigenvalue weighted by molar-refractivity contribution is 6.30. The van der Waals surface area contributed by atoms with Crippen molar-refractivity contribution in [3.05, 3.63) is 76.0 Å². The van der Waals surface area contributed by atoms with Crippen molar-refractivity contribution in [3.8, 4) is 0 Å². The first kappa shape index (κ1) is 19.8. The van der Waals surface area contributed by atoms with Crippen LogP contribution in [0.25, 0.3) is 0 Å². The molecule has 28 heavy (non-hydrogen) atoms. The first-order chi connectivity index (χ1) is 13.1. The van der Waals surface area contributed by atoms with Crippen molar-refractivity contribution in [1.82, 2.24) is 10.6 Å². The molecule has 2 aromatic rings. The van der Waals surface area contributed by atoms with Crippen molar-refractivity contribution in [3.63, 3.8) is 0 Å². The van der Waals surface area contributed by atoms with E-state index in [1.54, 1.807) is 31.2 Å². The van der Waals surface area contributed by atoms with Crippen LogP contribution in [0.5, 0.6) is 0 Å². The van der Waals surface area contributed by atoms with E-state index in [0.717, 1.165) is 12.1 Å². The molecule has 0 fully saturated rings. The number of benzene rings is 2. The second kappa shape index (κ2) is 7.55. The Morgan fingerprint density at radius 1 is 1.14 bits per heavy atom. The maximum atomic E-state index is 12.9. The number of hydrogen-bond donors (Lipinski definition) is 3. The van der Waals surface area contributed by atoms with E-state index >= 15 is 0 Å². The molecule has 3 rings (SSSR count). The van der Waals surface area contributed by atoms with Crippen LogP contribution in [0.4, 0.5) is 23.7 Å². The highest BCUT2D eigenvalue weighted by Crippen LogP contribution is 2.32. The second-order valence-electron chi connectivity index (χ2n) is 6.15. The van der Waals surface area contributed by atoms with Crippen LogP contribution in [-0.2, 0) is 11.0 Å². The zero-order valence-electron chi connectivity index (χ0n) is 14.5. The Kier molecular flexibility index (Phi) is 5.33. The number of nitrogens with one attached hydrogen (secondary N) is 3. The molecule has 1 atom stereocenters. The van der Waals surface area contributed by atoms with Crippen LogP contribution in [0.2, 0.25) is 5.02 Å². The lowest BCUT2D eigenvalue weighted by Crippen LogP contribution is -2.45. The fourth-order valence-corrected chi connectivity index (χ4v) is 3.00. The number of carbonyl (C=O) groups excluding carboxylic acids is 2. The molecule has 1 aliphatic rings. The molecule has 0 aromatic heterocycles. The monoisotopic (exact) mass is 409 g/mol. The number of halogens is 4. The molecular formula is C19H15ClF3N3O2. The molecule has 3 N–H and O–H groups in total. The minimum atomic E-state index is -4.53. The van der Waals surface area contributed by atoms with Crippen molar-refractivity contribution in [2.24, 2.45) is 0 Å². The van der Waals surface area contributed by atoms with Crippen LogP contribution in [0.15, 0.2) is 59.8 Å². The molecule has 3 amide bonds. The molecule has 1 heterocycles. The Morgan fingerprint density at radius 3 is 2.46 bits per heavy atom. The van der Waals surface area contributed by atoms with Crippen LogP contribution in [0.3, 0.4) is 0 Å². The van der Waals surface area contributed by atoms with Crippen LogP contribution >= 0.6 is 11.6 Å². The highest BCUT2D eigenvalue weighted by atomic mass is 35.5. The summed E-state index contributed by atoms with van der Waals surface area (Å²) in [6, 6.07) is 9.59. The summed E-state index contributed by atoms with van der Waals surface area (Å²) >= 11 is 5.88. The van der Waals surface area contributed by atoms with Gasteiger partial charge in [0.25, 0.3) is 5.91 Å². The Bertz CT molecular complexity index is 956. The summed E-state index contributed by atoms with van der Waals surface area (Å²) in [6.07, 6.45) is -4.53. The molecule has 5 nitrogen and oxygen atoms in total. The summed E-state index contributed by atoms with van der Waals surface area (Å²) in [4.78, 5) is 24.7. The van der Waals surface area contributed by atoms with Crippen LogP contribution in [0.1, 0.15) is 24.1 Å². The number of allylic oxidation sites excluding steroid dienone is 1. The Hall–Kier alpha value is -3.00. The van der Waals surface area contributed by atoms with E-state index in [0.29, 0.717) is 16.3 Å². The summed E-state index contributed by atoms with van der Waals surface area (Å²) in [5.41, 5.74) is 0.201. The third-order valence-electron chi connectivity index (χ3n) is 4.16. The molecular weight excluding hydrogens is 395 g/mol. The zero-order valence-corrected chi connectivity index (χ0v) is 15.3. The van der Waals surface area contributed by atoms with Crippen LogP contribution in [-0.4, -0.2) is 11.9 Å². The zero-order chi connectivity index (χ0) is 20.5. The largest absolute Gasteiger partial charge is 0.416 e.